The van der Waals surface area contributed by atoms with E-state index < -0.39 is 17.1 Å². The largest absolute Gasteiger partial charge is 0.504 e. The van der Waals surface area contributed by atoms with Gasteiger partial charge >= 0.3 is 0 Å². The quantitative estimate of drug-likeness (QED) is 0.682. The van der Waals surface area contributed by atoms with Crippen LogP contribution in [-0.2, 0) is 10.3 Å². The zero-order valence-corrected chi connectivity index (χ0v) is 12.0. The van der Waals surface area contributed by atoms with Crippen molar-refractivity contribution in [1.82, 2.24) is 0 Å². The Balaban J connectivity index is 2.65. The number of benzene rings is 1. The topological polar surface area (TPSA) is 58.9 Å². The number of phenols is 1. The molecule has 1 aromatic rings. The average molecular weight is 330 g/mol. The molecule has 0 unspecified atom stereocenters. The van der Waals surface area contributed by atoms with Crippen molar-refractivity contribution in [2.45, 2.75) is 31.2 Å². The predicted octanol–water partition coefficient (Wildman–Crippen LogP) is 3.41. The summed E-state index contributed by atoms with van der Waals surface area (Å²) in [7, 11) is 1.32. The van der Waals surface area contributed by atoms with Gasteiger partial charge in [0.05, 0.1) is 11.6 Å². The van der Waals surface area contributed by atoms with Crippen molar-refractivity contribution in [1.29, 1.82) is 0 Å². The van der Waals surface area contributed by atoms with Crippen molar-refractivity contribution >= 4 is 22.0 Å². The SMILES string of the molecule is COc1c(Br)cc(C2(N=C=O)CCCC2)c(O)c1F. The molecular formula is C13H13BrFNO3. The van der Waals surface area contributed by atoms with E-state index in [2.05, 4.69) is 20.9 Å². The maximum Gasteiger partial charge on any atom is 0.235 e. The molecule has 0 amide bonds. The number of rotatable bonds is 3. The van der Waals surface area contributed by atoms with E-state index in [0.717, 1.165) is 12.8 Å². The molecule has 6 heteroatoms. The lowest BCUT2D eigenvalue weighted by Gasteiger charge is -2.25. The molecule has 0 radical (unpaired) electrons. The summed E-state index contributed by atoms with van der Waals surface area (Å²) in [6, 6.07) is 1.56. The smallest absolute Gasteiger partial charge is 0.235 e. The second-order valence-corrected chi connectivity index (χ2v) is 5.40. The third-order valence-corrected chi connectivity index (χ3v) is 4.14. The summed E-state index contributed by atoms with van der Waals surface area (Å²) in [5.41, 5.74) is -0.569. The molecule has 0 bridgehead atoms. The summed E-state index contributed by atoms with van der Waals surface area (Å²) >= 11 is 3.20. The second-order valence-electron chi connectivity index (χ2n) is 4.54. The van der Waals surface area contributed by atoms with Crippen molar-refractivity contribution in [2.75, 3.05) is 7.11 Å². The molecule has 0 aromatic heterocycles. The van der Waals surface area contributed by atoms with Gasteiger partial charge in [0, 0.05) is 5.56 Å². The molecule has 19 heavy (non-hydrogen) atoms. The molecule has 1 aromatic carbocycles. The minimum Gasteiger partial charge on any atom is -0.504 e. The molecule has 0 heterocycles. The Morgan fingerprint density at radius 1 is 1.53 bits per heavy atom. The van der Waals surface area contributed by atoms with Gasteiger partial charge in [-0.1, -0.05) is 12.8 Å². The molecule has 2 rings (SSSR count). The van der Waals surface area contributed by atoms with Crippen LogP contribution in [0.15, 0.2) is 15.5 Å². The van der Waals surface area contributed by atoms with E-state index in [0.29, 0.717) is 22.9 Å². The van der Waals surface area contributed by atoms with Gasteiger partial charge in [-0.25, -0.2) is 4.79 Å². The van der Waals surface area contributed by atoms with Crippen molar-refractivity contribution in [2.24, 2.45) is 4.99 Å². The summed E-state index contributed by atoms with van der Waals surface area (Å²) in [4.78, 5) is 14.5. The van der Waals surface area contributed by atoms with Crippen LogP contribution in [0.2, 0.25) is 0 Å². The van der Waals surface area contributed by atoms with Crippen LogP contribution in [0, 0.1) is 5.82 Å². The predicted molar refractivity (Wildman–Crippen MR) is 70.6 cm³/mol. The Morgan fingerprint density at radius 3 is 2.68 bits per heavy atom. The van der Waals surface area contributed by atoms with Crippen LogP contribution in [0.5, 0.6) is 11.5 Å². The van der Waals surface area contributed by atoms with Gasteiger partial charge in [-0.15, -0.1) is 0 Å². The third kappa shape index (κ3) is 2.26. The van der Waals surface area contributed by atoms with Gasteiger partial charge in [0.2, 0.25) is 11.9 Å². The second kappa shape index (κ2) is 5.31. The van der Waals surface area contributed by atoms with Crippen LogP contribution >= 0.6 is 15.9 Å². The highest BCUT2D eigenvalue weighted by Gasteiger charge is 2.39. The highest BCUT2D eigenvalue weighted by molar-refractivity contribution is 9.10. The molecule has 4 nitrogen and oxygen atoms in total. The van der Waals surface area contributed by atoms with Crippen molar-refractivity contribution in [3.63, 3.8) is 0 Å². The van der Waals surface area contributed by atoms with Gasteiger partial charge in [-0.2, -0.15) is 9.38 Å². The van der Waals surface area contributed by atoms with Gasteiger partial charge in [-0.05, 0) is 34.8 Å². The molecule has 1 aliphatic rings. The monoisotopic (exact) mass is 329 g/mol. The first-order valence-corrected chi connectivity index (χ1v) is 6.69. The zero-order chi connectivity index (χ0) is 14.0. The number of nitrogens with zero attached hydrogens (tertiary/aromatic N) is 1. The fourth-order valence-corrected chi connectivity index (χ4v) is 3.19. The third-order valence-electron chi connectivity index (χ3n) is 3.55. The Kier molecular flexibility index (Phi) is 3.92. The van der Waals surface area contributed by atoms with Gasteiger partial charge in [0.15, 0.2) is 11.5 Å². The summed E-state index contributed by atoms with van der Waals surface area (Å²) in [5, 5.41) is 10.0. The van der Waals surface area contributed by atoms with Gasteiger partial charge < -0.3 is 9.84 Å². The summed E-state index contributed by atoms with van der Waals surface area (Å²) in [5.74, 6) is -1.43. The number of halogens is 2. The van der Waals surface area contributed by atoms with E-state index in [1.54, 1.807) is 6.07 Å². The van der Waals surface area contributed by atoms with E-state index in [-0.39, 0.29) is 5.75 Å². The Labute approximate surface area is 118 Å². The number of aromatic hydroxyl groups is 1. The summed E-state index contributed by atoms with van der Waals surface area (Å²) < 4.78 is 19.3. The molecule has 0 atom stereocenters. The number of ether oxygens (including phenoxy) is 1. The number of hydrogen-bond acceptors (Lipinski definition) is 4. The Hall–Kier alpha value is -1.39. The molecule has 0 saturated heterocycles. The first-order valence-electron chi connectivity index (χ1n) is 5.90. The van der Waals surface area contributed by atoms with Crippen LogP contribution in [-0.4, -0.2) is 18.3 Å². The number of methoxy groups -OCH3 is 1. The lowest BCUT2D eigenvalue weighted by molar-refractivity contribution is 0.347. The van der Waals surface area contributed by atoms with Crippen molar-refractivity contribution in [3.8, 4) is 11.5 Å². The summed E-state index contributed by atoms with van der Waals surface area (Å²) in [6.45, 7) is 0. The number of phenolic OH excluding ortho intramolecular Hbond substituents is 1. The molecule has 0 spiro atoms. The van der Waals surface area contributed by atoms with Crippen molar-refractivity contribution in [3.05, 3.63) is 21.9 Å². The van der Waals surface area contributed by atoms with E-state index in [1.165, 1.54) is 13.2 Å². The first kappa shape index (κ1) is 14.0. The highest BCUT2D eigenvalue weighted by atomic mass is 79.9. The maximum absolute atomic E-state index is 14.0. The number of carbonyl (C=O) groups excluding carboxylic acids is 1. The average Bonchev–Trinajstić information content (AvgIpc) is 2.84. The van der Waals surface area contributed by atoms with E-state index in [9.17, 15) is 14.3 Å². The highest BCUT2D eigenvalue weighted by Crippen LogP contribution is 2.49. The van der Waals surface area contributed by atoms with Gasteiger partial charge in [-0.3, -0.25) is 0 Å². The molecule has 1 fully saturated rings. The number of aliphatic imine (C=N–C) groups is 1. The standard InChI is InChI=1S/C13H13BrFNO3/c1-19-12-9(14)6-8(11(18)10(12)15)13(16-7-17)4-2-3-5-13/h6,18H,2-5H2,1H3. The Morgan fingerprint density at radius 2 is 2.16 bits per heavy atom. The summed E-state index contributed by atoms with van der Waals surface area (Å²) in [6.07, 6.45) is 4.46. The zero-order valence-electron chi connectivity index (χ0n) is 10.4. The van der Waals surface area contributed by atoms with Crippen molar-refractivity contribution < 1.29 is 19.0 Å². The molecular weight excluding hydrogens is 317 g/mol. The molecule has 0 aliphatic heterocycles. The van der Waals surface area contributed by atoms with Crippen LogP contribution in [0.25, 0.3) is 0 Å². The van der Waals surface area contributed by atoms with Crippen LogP contribution in [0.3, 0.4) is 0 Å². The van der Waals surface area contributed by atoms with Crippen LogP contribution in [0.4, 0.5) is 4.39 Å². The lowest BCUT2D eigenvalue weighted by Crippen LogP contribution is -2.19. The first-order chi connectivity index (χ1) is 9.05. The van der Waals surface area contributed by atoms with Crippen LogP contribution in [0.1, 0.15) is 31.2 Å². The van der Waals surface area contributed by atoms with E-state index >= 15 is 0 Å². The van der Waals surface area contributed by atoms with Crippen LogP contribution < -0.4 is 4.74 Å². The molecule has 1 saturated carbocycles. The lowest BCUT2D eigenvalue weighted by atomic mass is 9.88. The molecule has 1 N–H and O–H groups in total. The number of isocyanates is 1. The fourth-order valence-electron chi connectivity index (χ4n) is 2.62. The van der Waals surface area contributed by atoms with Gasteiger partial charge in [0.25, 0.3) is 0 Å². The number of hydrogen-bond donors (Lipinski definition) is 1. The van der Waals surface area contributed by atoms with Gasteiger partial charge in [0.1, 0.15) is 5.54 Å². The minimum atomic E-state index is -0.874. The fraction of sp³-hybridized carbons (Fsp3) is 0.462. The van der Waals surface area contributed by atoms with E-state index in [1.807, 2.05) is 0 Å². The molecule has 1 aliphatic carbocycles. The normalized spacial score (nSPS) is 17.0. The maximum atomic E-state index is 14.0. The minimum absolute atomic E-state index is 0.0653. The van der Waals surface area contributed by atoms with E-state index in [4.69, 9.17) is 4.74 Å². The molecule has 102 valence electrons. The Bertz CT molecular complexity index is 549.